The van der Waals surface area contributed by atoms with Crippen molar-refractivity contribution in [1.29, 1.82) is 0 Å². The highest BCUT2D eigenvalue weighted by atomic mass is 16.5. The van der Waals surface area contributed by atoms with Crippen molar-refractivity contribution in [2.75, 3.05) is 26.3 Å². The molecule has 1 saturated heterocycles. The topological polar surface area (TPSA) is 88.1 Å². The van der Waals surface area contributed by atoms with Crippen LogP contribution < -0.4 is 14.8 Å². The van der Waals surface area contributed by atoms with Crippen LogP contribution in [0.2, 0.25) is 0 Å². The van der Waals surface area contributed by atoms with Gasteiger partial charge in [0.1, 0.15) is 0 Å². The Morgan fingerprint density at radius 3 is 2.88 bits per heavy atom. The molecule has 0 bridgehead atoms. The average molecular weight is 348 g/mol. The minimum atomic E-state index is -0.844. The van der Waals surface area contributed by atoms with E-state index >= 15 is 0 Å². The lowest BCUT2D eigenvalue weighted by atomic mass is 9.91. The number of nitrogens with zero attached hydrogens (tertiary/aromatic N) is 1. The molecule has 2 N–H and O–H groups in total. The van der Waals surface area contributed by atoms with Crippen LogP contribution in [0.3, 0.4) is 0 Å². The summed E-state index contributed by atoms with van der Waals surface area (Å²) in [6.45, 7) is 4.30. The van der Waals surface area contributed by atoms with Crippen LogP contribution in [0, 0.1) is 11.8 Å². The van der Waals surface area contributed by atoms with Crippen LogP contribution in [-0.4, -0.2) is 48.3 Å². The normalized spacial score (nSPS) is 22.8. The largest absolute Gasteiger partial charge is 0.490 e. The average Bonchev–Trinajstić information content (AvgIpc) is 2.84. The third-order valence-electron chi connectivity index (χ3n) is 4.58. The zero-order valence-electron chi connectivity index (χ0n) is 14.4. The molecular weight excluding hydrogens is 324 g/mol. The molecule has 0 saturated carbocycles. The molecule has 2 amide bonds. The first-order valence-corrected chi connectivity index (χ1v) is 8.67. The second-order valence-corrected chi connectivity index (χ2v) is 6.73. The van der Waals surface area contributed by atoms with Gasteiger partial charge in [0.05, 0.1) is 19.1 Å². The van der Waals surface area contributed by atoms with Crippen molar-refractivity contribution in [3.05, 3.63) is 23.8 Å². The molecule has 0 aromatic heterocycles. The Morgan fingerprint density at radius 1 is 1.28 bits per heavy atom. The van der Waals surface area contributed by atoms with Gasteiger partial charge in [0.25, 0.3) is 0 Å². The molecule has 2 heterocycles. The van der Waals surface area contributed by atoms with Gasteiger partial charge in [-0.15, -0.1) is 0 Å². The fourth-order valence-corrected chi connectivity index (χ4v) is 3.37. The Labute approximate surface area is 146 Å². The molecule has 2 atom stereocenters. The predicted octanol–water partition coefficient (Wildman–Crippen LogP) is 2.10. The van der Waals surface area contributed by atoms with Crippen molar-refractivity contribution < 1.29 is 24.2 Å². The van der Waals surface area contributed by atoms with Gasteiger partial charge in [-0.3, -0.25) is 4.79 Å². The number of rotatable bonds is 3. The maximum Gasteiger partial charge on any atom is 0.317 e. The number of aliphatic carboxylic acids is 1. The van der Waals surface area contributed by atoms with E-state index in [-0.39, 0.29) is 18.5 Å². The van der Waals surface area contributed by atoms with Crippen molar-refractivity contribution in [1.82, 2.24) is 10.2 Å². The van der Waals surface area contributed by atoms with E-state index in [4.69, 9.17) is 9.47 Å². The van der Waals surface area contributed by atoms with Gasteiger partial charge in [-0.1, -0.05) is 19.1 Å². The first kappa shape index (κ1) is 17.4. The van der Waals surface area contributed by atoms with Crippen LogP contribution in [0.4, 0.5) is 4.79 Å². The summed E-state index contributed by atoms with van der Waals surface area (Å²) in [6.07, 6.45) is 1.43. The molecule has 1 aromatic carbocycles. The predicted molar refractivity (Wildman–Crippen MR) is 90.8 cm³/mol. The molecule has 0 radical (unpaired) electrons. The van der Waals surface area contributed by atoms with Crippen LogP contribution in [0.15, 0.2) is 18.2 Å². The zero-order valence-corrected chi connectivity index (χ0v) is 14.4. The summed E-state index contributed by atoms with van der Waals surface area (Å²) in [7, 11) is 0. The SMILES string of the molecule is CC1CC(C(=O)O)CN(C(=O)NCc2cccc3c2OCCCO3)C1. The Balaban J connectivity index is 1.63. The fourth-order valence-electron chi connectivity index (χ4n) is 3.37. The Kier molecular flexibility index (Phi) is 5.31. The van der Waals surface area contributed by atoms with E-state index in [9.17, 15) is 14.7 Å². The maximum absolute atomic E-state index is 12.5. The Bertz CT molecular complexity index is 648. The number of urea groups is 1. The highest BCUT2D eigenvalue weighted by Gasteiger charge is 2.31. The molecule has 7 heteroatoms. The third-order valence-corrected chi connectivity index (χ3v) is 4.58. The Morgan fingerprint density at radius 2 is 2.08 bits per heavy atom. The molecule has 0 spiro atoms. The van der Waals surface area contributed by atoms with Gasteiger partial charge < -0.3 is 24.8 Å². The maximum atomic E-state index is 12.5. The minimum Gasteiger partial charge on any atom is -0.490 e. The van der Waals surface area contributed by atoms with E-state index in [2.05, 4.69) is 5.32 Å². The summed E-state index contributed by atoms with van der Waals surface area (Å²) < 4.78 is 11.4. The summed E-state index contributed by atoms with van der Waals surface area (Å²) in [5.74, 6) is 0.199. The summed E-state index contributed by atoms with van der Waals surface area (Å²) in [6, 6.07) is 5.38. The number of carbonyl (C=O) groups excluding carboxylic acids is 1. The van der Waals surface area contributed by atoms with Gasteiger partial charge in [0, 0.05) is 31.6 Å². The first-order valence-electron chi connectivity index (χ1n) is 8.67. The molecule has 0 aliphatic carbocycles. The van der Waals surface area contributed by atoms with Crippen LogP contribution in [0.5, 0.6) is 11.5 Å². The number of carboxylic acid groups (broad SMARTS) is 1. The van der Waals surface area contributed by atoms with E-state index in [0.29, 0.717) is 44.2 Å². The highest BCUT2D eigenvalue weighted by Crippen LogP contribution is 2.33. The number of carbonyl (C=O) groups is 2. The van der Waals surface area contributed by atoms with Gasteiger partial charge in [-0.05, 0) is 18.4 Å². The third kappa shape index (κ3) is 4.15. The smallest absolute Gasteiger partial charge is 0.317 e. The summed E-state index contributed by atoms with van der Waals surface area (Å²) in [5, 5.41) is 12.1. The second kappa shape index (κ2) is 7.63. The number of piperidine rings is 1. The molecule has 1 fully saturated rings. The number of benzene rings is 1. The molecule has 2 aliphatic heterocycles. The highest BCUT2D eigenvalue weighted by molar-refractivity contribution is 5.76. The van der Waals surface area contributed by atoms with Crippen molar-refractivity contribution >= 4 is 12.0 Å². The van der Waals surface area contributed by atoms with Gasteiger partial charge in [-0.25, -0.2) is 4.79 Å². The number of ether oxygens (including phenoxy) is 2. The van der Waals surface area contributed by atoms with Crippen molar-refractivity contribution in [2.24, 2.45) is 11.8 Å². The van der Waals surface area contributed by atoms with E-state index in [0.717, 1.165) is 12.0 Å². The number of amides is 2. The summed E-state index contributed by atoms with van der Waals surface area (Å²) in [5.41, 5.74) is 0.854. The number of nitrogens with one attached hydrogen (secondary N) is 1. The number of likely N-dealkylation sites (tertiary alicyclic amines) is 1. The number of carboxylic acids is 1. The molecule has 2 aliphatic rings. The van der Waals surface area contributed by atoms with E-state index in [1.54, 1.807) is 4.90 Å². The minimum absolute atomic E-state index is 0.172. The van der Waals surface area contributed by atoms with Crippen molar-refractivity contribution in [3.8, 4) is 11.5 Å². The van der Waals surface area contributed by atoms with Gasteiger partial charge in [0.15, 0.2) is 11.5 Å². The quantitative estimate of drug-likeness (QED) is 0.873. The number of hydrogen-bond acceptors (Lipinski definition) is 4. The standard InChI is InChI=1S/C18H24N2O5/c1-12-8-14(17(21)22)11-20(10-12)18(23)19-9-13-4-2-5-15-16(13)25-7-3-6-24-15/h2,4-5,12,14H,3,6-11H2,1H3,(H,19,23)(H,21,22). The second-order valence-electron chi connectivity index (χ2n) is 6.73. The van der Waals surface area contributed by atoms with E-state index in [1.165, 1.54) is 0 Å². The Hall–Kier alpha value is -2.44. The number of hydrogen-bond donors (Lipinski definition) is 2. The van der Waals surface area contributed by atoms with Crippen LogP contribution in [0.1, 0.15) is 25.3 Å². The lowest BCUT2D eigenvalue weighted by molar-refractivity contribution is -0.143. The molecule has 3 rings (SSSR count). The van der Waals surface area contributed by atoms with Crippen molar-refractivity contribution in [2.45, 2.75) is 26.3 Å². The molecule has 2 unspecified atom stereocenters. The monoisotopic (exact) mass is 348 g/mol. The zero-order chi connectivity index (χ0) is 17.8. The number of para-hydroxylation sites is 1. The van der Waals surface area contributed by atoms with Gasteiger partial charge in [0.2, 0.25) is 0 Å². The van der Waals surface area contributed by atoms with E-state index < -0.39 is 11.9 Å². The molecular formula is C18H24N2O5. The van der Waals surface area contributed by atoms with Crippen LogP contribution in [-0.2, 0) is 11.3 Å². The van der Waals surface area contributed by atoms with Crippen molar-refractivity contribution in [3.63, 3.8) is 0 Å². The summed E-state index contributed by atoms with van der Waals surface area (Å²) >= 11 is 0. The van der Waals surface area contributed by atoms with Gasteiger partial charge in [-0.2, -0.15) is 0 Å². The number of fused-ring (bicyclic) bond motifs is 1. The molecule has 7 nitrogen and oxygen atoms in total. The first-order chi connectivity index (χ1) is 12.0. The molecule has 1 aromatic rings. The molecule has 25 heavy (non-hydrogen) atoms. The van der Waals surface area contributed by atoms with E-state index in [1.807, 2.05) is 25.1 Å². The lowest BCUT2D eigenvalue weighted by Crippen LogP contribution is -2.49. The van der Waals surface area contributed by atoms with Gasteiger partial charge >= 0.3 is 12.0 Å². The molecule has 136 valence electrons. The van der Waals surface area contributed by atoms with Crippen LogP contribution >= 0.6 is 0 Å². The van der Waals surface area contributed by atoms with Crippen LogP contribution in [0.25, 0.3) is 0 Å². The summed E-state index contributed by atoms with van der Waals surface area (Å²) in [4.78, 5) is 25.3. The lowest BCUT2D eigenvalue weighted by Gasteiger charge is -2.34. The fraction of sp³-hybridized carbons (Fsp3) is 0.556.